The minimum absolute atomic E-state index is 0.00628. The molecule has 7 nitrogen and oxygen atoms in total. The van der Waals surface area contributed by atoms with Crippen molar-refractivity contribution < 1.29 is 14.4 Å². The molecule has 1 rings (SSSR count). The Morgan fingerprint density at radius 3 is 2.28 bits per heavy atom. The molecule has 1 aromatic carbocycles. The van der Waals surface area contributed by atoms with Gasteiger partial charge in [0.15, 0.2) is 5.11 Å². The van der Waals surface area contributed by atoms with Crippen LogP contribution in [0.2, 0.25) is 0 Å². The molecule has 0 aliphatic heterocycles. The molecule has 0 aliphatic rings. The summed E-state index contributed by atoms with van der Waals surface area (Å²) in [5.74, 6) is -1.13. The fraction of sp³-hybridized carbons (Fsp3) is 0.412. The van der Waals surface area contributed by atoms with Crippen LogP contribution in [0, 0.1) is 19.8 Å². The number of hydrogen-bond acceptors (Lipinski definition) is 4. The maximum atomic E-state index is 11.9. The predicted octanol–water partition coefficient (Wildman–Crippen LogP) is 1.70. The summed E-state index contributed by atoms with van der Waals surface area (Å²) in [6, 6.07) is 5.71. The number of thiocarbonyl (C=S) groups is 1. The molecule has 1 aromatic rings. The van der Waals surface area contributed by atoms with Gasteiger partial charge < -0.3 is 10.6 Å². The van der Waals surface area contributed by atoms with Crippen molar-refractivity contribution in [2.45, 2.75) is 40.5 Å². The third kappa shape index (κ3) is 7.75. The Bertz CT molecular complexity index is 674. The number of carbonyl (C=O) groups excluding carboxylic acids is 3. The number of carbonyl (C=O) groups is 3. The van der Waals surface area contributed by atoms with Crippen LogP contribution in [0.3, 0.4) is 0 Å². The monoisotopic (exact) mass is 364 g/mol. The summed E-state index contributed by atoms with van der Waals surface area (Å²) < 4.78 is 0. The van der Waals surface area contributed by atoms with E-state index in [1.807, 2.05) is 32.0 Å². The molecule has 0 radical (unpaired) electrons. The Morgan fingerprint density at radius 1 is 1.04 bits per heavy atom. The molecule has 0 saturated carbocycles. The van der Waals surface area contributed by atoms with Crippen LogP contribution in [-0.2, 0) is 14.4 Å². The second-order valence-corrected chi connectivity index (χ2v) is 6.42. The summed E-state index contributed by atoms with van der Waals surface area (Å²) >= 11 is 4.88. The van der Waals surface area contributed by atoms with Crippen LogP contribution in [0.4, 0.5) is 5.69 Å². The lowest BCUT2D eigenvalue weighted by Gasteiger charge is -2.12. The van der Waals surface area contributed by atoms with Gasteiger partial charge in [-0.15, -0.1) is 0 Å². The van der Waals surface area contributed by atoms with Gasteiger partial charge in [-0.3, -0.25) is 25.2 Å². The van der Waals surface area contributed by atoms with Gasteiger partial charge in [0.1, 0.15) is 0 Å². The lowest BCUT2D eigenvalue weighted by molar-refractivity contribution is -0.125. The number of benzene rings is 1. The van der Waals surface area contributed by atoms with Gasteiger partial charge in [-0.2, -0.15) is 0 Å². The van der Waals surface area contributed by atoms with Gasteiger partial charge in [-0.05, 0) is 37.7 Å². The third-order valence-corrected chi connectivity index (χ3v) is 3.52. The molecule has 4 N–H and O–H groups in total. The van der Waals surface area contributed by atoms with Gasteiger partial charge in [-0.1, -0.05) is 31.5 Å². The first kappa shape index (κ1) is 20.6. The Kier molecular flexibility index (Phi) is 8.00. The first-order valence-electron chi connectivity index (χ1n) is 7.96. The minimum Gasteiger partial charge on any atom is -0.326 e. The van der Waals surface area contributed by atoms with E-state index in [0.29, 0.717) is 0 Å². The van der Waals surface area contributed by atoms with Gasteiger partial charge in [0.05, 0.1) is 0 Å². The van der Waals surface area contributed by atoms with Crippen molar-refractivity contribution in [2.75, 3.05) is 5.32 Å². The van der Waals surface area contributed by atoms with Gasteiger partial charge >= 0.3 is 0 Å². The Morgan fingerprint density at radius 2 is 1.68 bits per heavy atom. The van der Waals surface area contributed by atoms with Gasteiger partial charge in [0.25, 0.3) is 0 Å². The number of aryl methyl sites for hydroxylation is 2. The Hall–Kier alpha value is -2.48. The van der Waals surface area contributed by atoms with E-state index in [4.69, 9.17) is 12.2 Å². The standard InChI is InChI=1S/C17H24N4O3S/c1-10(2)16(24)19-17(25)21-20-15(23)8-7-14(22)18-13-6-5-11(3)9-12(13)4/h5-6,9-10H,7-8H2,1-4H3,(H,18,22)(H,20,23)(H2,19,21,24,25). The van der Waals surface area contributed by atoms with Gasteiger partial charge in [0, 0.05) is 24.4 Å². The summed E-state index contributed by atoms with van der Waals surface area (Å²) in [6.07, 6.45) is 0.0242. The smallest absolute Gasteiger partial charge is 0.238 e. The van der Waals surface area contributed by atoms with Crippen molar-refractivity contribution >= 4 is 40.7 Å². The average Bonchev–Trinajstić information content (AvgIpc) is 2.53. The number of rotatable bonds is 5. The minimum atomic E-state index is -0.406. The summed E-state index contributed by atoms with van der Waals surface area (Å²) in [4.78, 5) is 35.1. The first-order chi connectivity index (χ1) is 11.7. The van der Waals surface area contributed by atoms with Crippen LogP contribution in [0.25, 0.3) is 0 Å². The van der Waals surface area contributed by atoms with Crippen LogP contribution in [0.15, 0.2) is 18.2 Å². The number of nitrogens with one attached hydrogen (secondary N) is 4. The number of hydrazine groups is 1. The topological polar surface area (TPSA) is 99.3 Å². The SMILES string of the molecule is Cc1ccc(NC(=O)CCC(=O)NNC(=S)NC(=O)C(C)C)c(C)c1. The molecular weight excluding hydrogens is 340 g/mol. The van der Waals surface area contributed by atoms with Gasteiger partial charge in [-0.25, -0.2) is 0 Å². The zero-order valence-corrected chi connectivity index (χ0v) is 15.7. The molecule has 3 amide bonds. The zero-order chi connectivity index (χ0) is 19.0. The van der Waals surface area contributed by atoms with Crippen LogP contribution >= 0.6 is 12.2 Å². The summed E-state index contributed by atoms with van der Waals surface area (Å²) in [6.45, 7) is 7.34. The number of amides is 3. The molecule has 25 heavy (non-hydrogen) atoms. The predicted molar refractivity (Wildman–Crippen MR) is 101 cm³/mol. The molecule has 0 aliphatic carbocycles. The Labute approximate surface area is 152 Å². The van der Waals surface area contributed by atoms with E-state index < -0.39 is 5.91 Å². The number of anilines is 1. The largest absolute Gasteiger partial charge is 0.326 e. The maximum absolute atomic E-state index is 11.9. The molecule has 0 heterocycles. The number of hydrogen-bond donors (Lipinski definition) is 4. The quantitative estimate of drug-likeness (QED) is 0.471. The second kappa shape index (κ2) is 9.73. The van der Waals surface area contributed by atoms with E-state index in [0.717, 1.165) is 16.8 Å². The van der Waals surface area contributed by atoms with Crippen molar-refractivity contribution in [3.05, 3.63) is 29.3 Å². The summed E-state index contributed by atoms with van der Waals surface area (Å²) in [5.41, 5.74) is 7.57. The molecular formula is C17H24N4O3S. The molecule has 0 saturated heterocycles. The average molecular weight is 364 g/mol. The molecule has 136 valence electrons. The Balaban J connectivity index is 2.32. The molecule has 8 heteroatoms. The van der Waals surface area contributed by atoms with Crippen LogP contribution in [0.1, 0.15) is 37.8 Å². The molecule has 0 spiro atoms. The van der Waals surface area contributed by atoms with Crippen molar-refractivity contribution in [3.63, 3.8) is 0 Å². The summed E-state index contributed by atoms with van der Waals surface area (Å²) in [7, 11) is 0. The van der Waals surface area contributed by atoms with E-state index in [9.17, 15) is 14.4 Å². The second-order valence-electron chi connectivity index (χ2n) is 6.01. The summed E-state index contributed by atoms with van der Waals surface area (Å²) in [5, 5.41) is 5.21. The van der Waals surface area contributed by atoms with Crippen molar-refractivity contribution in [3.8, 4) is 0 Å². The van der Waals surface area contributed by atoms with Crippen LogP contribution in [-0.4, -0.2) is 22.8 Å². The van der Waals surface area contributed by atoms with E-state index in [1.165, 1.54) is 0 Å². The molecule has 0 bridgehead atoms. The highest BCUT2D eigenvalue weighted by atomic mass is 32.1. The van der Waals surface area contributed by atoms with E-state index in [-0.39, 0.29) is 35.7 Å². The fourth-order valence-electron chi connectivity index (χ4n) is 1.87. The highest BCUT2D eigenvalue weighted by molar-refractivity contribution is 7.80. The van der Waals surface area contributed by atoms with E-state index >= 15 is 0 Å². The highest BCUT2D eigenvalue weighted by Crippen LogP contribution is 2.16. The van der Waals surface area contributed by atoms with E-state index in [1.54, 1.807) is 13.8 Å². The normalized spacial score (nSPS) is 10.1. The zero-order valence-electron chi connectivity index (χ0n) is 14.9. The van der Waals surface area contributed by atoms with Crippen LogP contribution in [0.5, 0.6) is 0 Å². The van der Waals surface area contributed by atoms with Crippen molar-refractivity contribution in [1.29, 1.82) is 0 Å². The molecule has 0 atom stereocenters. The van der Waals surface area contributed by atoms with Crippen molar-refractivity contribution in [2.24, 2.45) is 5.92 Å². The molecule has 0 aromatic heterocycles. The third-order valence-electron chi connectivity index (χ3n) is 3.31. The van der Waals surface area contributed by atoms with E-state index in [2.05, 4.69) is 21.5 Å². The van der Waals surface area contributed by atoms with Crippen LogP contribution < -0.4 is 21.5 Å². The fourth-order valence-corrected chi connectivity index (χ4v) is 2.02. The lowest BCUT2D eigenvalue weighted by atomic mass is 10.1. The van der Waals surface area contributed by atoms with Crippen molar-refractivity contribution in [1.82, 2.24) is 16.2 Å². The first-order valence-corrected chi connectivity index (χ1v) is 8.36. The molecule has 0 fully saturated rings. The highest BCUT2D eigenvalue weighted by Gasteiger charge is 2.11. The molecule has 0 unspecified atom stereocenters. The van der Waals surface area contributed by atoms with Gasteiger partial charge in [0.2, 0.25) is 17.7 Å². The maximum Gasteiger partial charge on any atom is 0.238 e. The lowest BCUT2D eigenvalue weighted by Crippen LogP contribution is -2.49.